The lowest BCUT2D eigenvalue weighted by Crippen LogP contribution is -2.20. The smallest absolute Gasteiger partial charge is 0.212 e. The summed E-state index contributed by atoms with van der Waals surface area (Å²) >= 11 is 0. The van der Waals surface area contributed by atoms with Gasteiger partial charge in [-0.1, -0.05) is 26.8 Å². The van der Waals surface area contributed by atoms with Gasteiger partial charge in [0.25, 0.3) is 0 Å². The van der Waals surface area contributed by atoms with Gasteiger partial charge in [-0.2, -0.15) is 0 Å². The molecule has 90 valence electrons. The number of hydrogen-bond acceptors (Lipinski definition) is 3. The van der Waals surface area contributed by atoms with Crippen molar-refractivity contribution in [2.75, 3.05) is 13.7 Å². The first-order valence-corrected chi connectivity index (χ1v) is 5.71. The number of rotatable bonds is 5. The molecule has 0 saturated carbocycles. The number of ether oxygens (including phenoxy) is 1. The Morgan fingerprint density at radius 1 is 1.31 bits per heavy atom. The Hall–Kier alpha value is -1.09. The van der Waals surface area contributed by atoms with Gasteiger partial charge in [0.05, 0.1) is 7.11 Å². The average Bonchev–Trinajstić information content (AvgIpc) is 2.24. The molecule has 1 N–H and O–H groups in total. The molecule has 1 aromatic heterocycles. The van der Waals surface area contributed by atoms with Crippen LogP contribution in [0.25, 0.3) is 0 Å². The number of nitrogens with zero attached hydrogens (tertiary/aromatic N) is 1. The van der Waals surface area contributed by atoms with Gasteiger partial charge in [0.2, 0.25) is 5.88 Å². The molecule has 16 heavy (non-hydrogen) atoms. The van der Waals surface area contributed by atoms with E-state index in [4.69, 9.17) is 4.74 Å². The summed E-state index contributed by atoms with van der Waals surface area (Å²) in [6.45, 7) is 8.67. The van der Waals surface area contributed by atoms with Gasteiger partial charge in [0.1, 0.15) is 0 Å². The van der Waals surface area contributed by atoms with E-state index in [9.17, 15) is 0 Å². The van der Waals surface area contributed by atoms with Gasteiger partial charge in [-0.15, -0.1) is 0 Å². The van der Waals surface area contributed by atoms with E-state index in [1.165, 1.54) is 12.0 Å². The summed E-state index contributed by atoms with van der Waals surface area (Å²) in [5.74, 6) is 0.665. The van der Waals surface area contributed by atoms with E-state index < -0.39 is 0 Å². The first kappa shape index (κ1) is 13.0. The van der Waals surface area contributed by atoms with E-state index in [1.807, 2.05) is 18.3 Å². The molecule has 0 aliphatic heterocycles. The highest BCUT2D eigenvalue weighted by Crippen LogP contribution is 2.17. The van der Waals surface area contributed by atoms with E-state index in [-0.39, 0.29) is 0 Å². The molecule has 1 heterocycles. The van der Waals surface area contributed by atoms with Crippen molar-refractivity contribution in [3.63, 3.8) is 0 Å². The summed E-state index contributed by atoms with van der Waals surface area (Å²) in [6.07, 6.45) is 3.03. The van der Waals surface area contributed by atoms with Crippen LogP contribution in [0.5, 0.6) is 5.88 Å². The lowest BCUT2D eigenvalue weighted by atomic mass is 9.92. The molecule has 0 unspecified atom stereocenters. The fourth-order valence-corrected chi connectivity index (χ4v) is 1.33. The van der Waals surface area contributed by atoms with Crippen molar-refractivity contribution < 1.29 is 4.74 Å². The second-order valence-corrected chi connectivity index (χ2v) is 5.20. The van der Waals surface area contributed by atoms with Crippen molar-refractivity contribution in [3.05, 3.63) is 23.9 Å². The van der Waals surface area contributed by atoms with Crippen molar-refractivity contribution in [1.82, 2.24) is 10.3 Å². The zero-order chi connectivity index (χ0) is 12.0. The Morgan fingerprint density at radius 2 is 2.06 bits per heavy atom. The van der Waals surface area contributed by atoms with E-state index in [2.05, 4.69) is 31.1 Å². The van der Waals surface area contributed by atoms with Gasteiger partial charge >= 0.3 is 0 Å². The minimum atomic E-state index is 0.394. The highest BCUT2D eigenvalue weighted by Gasteiger charge is 2.08. The molecule has 0 aromatic carbocycles. The van der Waals surface area contributed by atoms with Crippen LogP contribution < -0.4 is 10.1 Å². The maximum atomic E-state index is 5.01. The molecular formula is C13H22N2O. The third-order valence-electron chi connectivity index (χ3n) is 2.39. The van der Waals surface area contributed by atoms with Crippen LogP contribution in [0.15, 0.2) is 18.3 Å². The Labute approximate surface area is 98.2 Å². The SMILES string of the molecule is COc1ccc(CNCCC(C)(C)C)cn1. The summed E-state index contributed by atoms with van der Waals surface area (Å²) in [5.41, 5.74) is 1.58. The summed E-state index contributed by atoms with van der Waals surface area (Å²) in [6, 6.07) is 3.93. The lowest BCUT2D eigenvalue weighted by Gasteiger charge is -2.18. The monoisotopic (exact) mass is 222 g/mol. The summed E-state index contributed by atoms with van der Waals surface area (Å²) in [4.78, 5) is 4.16. The van der Waals surface area contributed by atoms with Gasteiger partial charge in [-0.3, -0.25) is 0 Å². The third kappa shape index (κ3) is 5.12. The maximum absolute atomic E-state index is 5.01. The van der Waals surface area contributed by atoms with Gasteiger partial charge in [0.15, 0.2) is 0 Å². The molecule has 1 rings (SSSR count). The van der Waals surface area contributed by atoms with Crippen LogP contribution in [0.2, 0.25) is 0 Å². The third-order valence-corrected chi connectivity index (χ3v) is 2.39. The first-order valence-electron chi connectivity index (χ1n) is 5.71. The van der Waals surface area contributed by atoms with Crippen LogP contribution in [0.4, 0.5) is 0 Å². The molecule has 0 atom stereocenters. The number of nitrogens with one attached hydrogen (secondary N) is 1. The standard InChI is InChI=1S/C13H22N2O/c1-13(2,3)7-8-14-9-11-5-6-12(16-4)15-10-11/h5-6,10,14H,7-9H2,1-4H3. The number of aromatic nitrogens is 1. The van der Waals surface area contributed by atoms with Gasteiger partial charge in [-0.25, -0.2) is 4.98 Å². The maximum Gasteiger partial charge on any atom is 0.212 e. The van der Waals surface area contributed by atoms with Crippen LogP contribution in [0.3, 0.4) is 0 Å². The molecular weight excluding hydrogens is 200 g/mol. The predicted octanol–water partition coefficient (Wildman–Crippen LogP) is 2.62. The highest BCUT2D eigenvalue weighted by atomic mass is 16.5. The second kappa shape index (κ2) is 5.85. The van der Waals surface area contributed by atoms with Crippen molar-refractivity contribution in [3.8, 4) is 5.88 Å². The molecule has 0 bridgehead atoms. The highest BCUT2D eigenvalue weighted by molar-refractivity contribution is 5.17. The fraction of sp³-hybridized carbons (Fsp3) is 0.615. The number of hydrogen-bond donors (Lipinski definition) is 1. The summed E-state index contributed by atoms with van der Waals surface area (Å²) in [5, 5.41) is 3.41. The fourth-order valence-electron chi connectivity index (χ4n) is 1.33. The number of methoxy groups -OCH3 is 1. The second-order valence-electron chi connectivity index (χ2n) is 5.20. The Kier molecular flexibility index (Phi) is 4.74. The molecule has 0 aliphatic rings. The van der Waals surface area contributed by atoms with Gasteiger partial charge < -0.3 is 10.1 Å². The Balaban J connectivity index is 2.27. The molecule has 0 aliphatic carbocycles. The zero-order valence-corrected chi connectivity index (χ0v) is 10.7. The molecule has 0 spiro atoms. The first-order chi connectivity index (χ1) is 7.51. The van der Waals surface area contributed by atoms with Crippen molar-refractivity contribution in [1.29, 1.82) is 0 Å². The summed E-state index contributed by atoms with van der Waals surface area (Å²) < 4.78 is 5.01. The quantitative estimate of drug-likeness (QED) is 0.778. The van der Waals surface area contributed by atoms with Crippen molar-refractivity contribution in [2.45, 2.75) is 33.7 Å². The normalized spacial score (nSPS) is 11.5. The minimum absolute atomic E-state index is 0.394. The van der Waals surface area contributed by atoms with Crippen LogP contribution in [-0.4, -0.2) is 18.6 Å². The van der Waals surface area contributed by atoms with Gasteiger partial charge in [-0.05, 0) is 23.9 Å². The molecule has 0 fully saturated rings. The van der Waals surface area contributed by atoms with Crippen molar-refractivity contribution in [2.24, 2.45) is 5.41 Å². The largest absolute Gasteiger partial charge is 0.481 e. The van der Waals surface area contributed by atoms with E-state index in [0.717, 1.165) is 13.1 Å². The molecule has 0 saturated heterocycles. The van der Waals surface area contributed by atoms with E-state index >= 15 is 0 Å². The van der Waals surface area contributed by atoms with Crippen molar-refractivity contribution >= 4 is 0 Å². The van der Waals surface area contributed by atoms with E-state index in [1.54, 1.807) is 7.11 Å². The van der Waals surface area contributed by atoms with Gasteiger partial charge in [0, 0.05) is 18.8 Å². The predicted molar refractivity (Wildman–Crippen MR) is 66.6 cm³/mol. The average molecular weight is 222 g/mol. The molecule has 0 radical (unpaired) electrons. The molecule has 1 aromatic rings. The molecule has 3 heteroatoms. The van der Waals surface area contributed by atoms with Crippen LogP contribution in [-0.2, 0) is 6.54 Å². The molecule has 0 amide bonds. The number of pyridine rings is 1. The van der Waals surface area contributed by atoms with Crippen LogP contribution >= 0.6 is 0 Å². The molecule has 3 nitrogen and oxygen atoms in total. The Morgan fingerprint density at radius 3 is 2.56 bits per heavy atom. The van der Waals surface area contributed by atoms with Crippen LogP contribution in [0.1, 0.15) is 32.8 Å². The van der Waals surface area contributed by atoms with Crippen LogP contribution in [0, 0.1) is 5.41 Å². The minimum Gasteiger partial charge on any atom is -0.481 e. The lowest BCUT2D eigenvalue weighted by molar-refractivity contribution is 0.366. The Bertz CT molecular complexity index is 301. The summed E-state index contributed by atoms with van der Waals surface area (Å²) in [7, 11) is 1.63. The zero-order valence-electron chi connectivity index (χ0n) is 10.7. The van der Waals surface area contributed by atoms with E-state index in [0.29, 0.717) is 11.3 Å². The topological polar surface area (TPSA) is 34.1 Å².